The molecule has 4 aliphatic carbocycles. The molecule has 7 rings (SSSR count). The fourth-order valence-electron chi connectivity index (χ4n) is 6.73. The van der Waals surface area contributed by atoms with Gasteiger partial charge in [0.15, 0.2) is 0 Å². The average molecular weight is 514 g/mol. The number of halogens is 1. The van der Waals surface area contributed by atoms with Gasteiger partial charge in [0.25, 0.3) is 10.0 Å². The SMILES string of the molecule is O=C(Nc1ccc(S(=O)(=O)Nc2ncccn2)cc1)C12CC3CC(C1)CC(n1cnc(Cl)n1)(C3)C2. The number of amides is 1. The third-order valence-corrected chi connectivity index (χ3v) is 9.19. The van der Waals surface area contributed by atoms with Crippen molar-refractivity contribution in [3.63, 3.8) is 0 Å². The van der Waals surface area contributed by atoms with Crippen molar-refractivity contribution in [3.8, 4) is 0 Å². The van der Waals surface area contributed by atoms with Gasteiger partial charge in [-0.3, -0.25) is 4.79 Å². The Morgan fingerprint density at radius 2 is 1.71 bits per heavy atom. The molecule has 4 bridgehead atoms. The van der Waals surface area contributed by atoms with Crippen LogP contribution in [-0.4, -0.2) is 39.1 Å². The van der Waals surface area contributed by atoms with E-state index in [1.165, 1.54) is 24.5 Å². The van der Waals surface area contributed by atoms with Gasteiger partial charge in [0, 0.05) is 18.1 Å². The molecule has 182 valence electrons. The fraction of sp³-hybridized carbons (Fsp3) is 0.435. The van der Waals surface area contributed by atoms with Gasteiger partial charge in [0.1, 0.15) is 6.33 Å². The lowest BCUT2D eigenvalue weighted by Crippen LogP contribution is -2.60. The van der Waals surface area contributed by atoms with E-state index >= 15 is 0 Å². The van der Waals surface area contributed by atoms with Crippen LogP contribution in [0.5, 0.6) is 0 Å². The number of benzene rings is 1. The van der Waals surface area contributed by atoms with Crippen LogP contribution in [0.1, 0.15) is 38.5 Å². The van der Waals surface area contributed by atoms with E-state index in [1.807, 2.05) is 4.68 Å². The largest absolute Gasteiger partial charge is 0.326 e. The lowest BCUT2D eigenvalue weighted by atomic mass is 9.46. The summed E-state index contributed by atoms with van der Waals surface area (Å²) in [6.07, 6.45) is 10.1. The van der Waals surface area contributed by atoms with E-state index in [-0.39, 0.29) is 27.6 Å². The molecule has 4 aliphatic rings. The molecule has 3 aromatic rings. The number of sulfonamides is 1. The summed E-state index contributed by atoms with van der Waals surface area (Å²) in [6.45, 7) is 0. The molecule has 4 saturated carbocycles. The molecular weight excluding hydrogens is 490 g/mol. The molecule has 1 aromatic carbocycles. The molecule has 1 amide bonds. The second kappa shape index (κ2) is 7.99. The molecule has 2 aromatic heterocycles. The maximum Gasteiger partial charge on any atom is 0.264 e. The second-order valence-electron chi connectivity index (χ2n) is 10.1. The van der Waals surface area contributed by atoms with E-state index in [4.69, 9.17) is 11.6 Å². The minimum Gasteiger partial charge on any atom is -0.326 e. The van der Waals surface area contributed by atoms with Crippen molar-refractivity contribution in [2.24, 2.45) is 17.3 Å². The minimum absolute atomic E-state index is 0.00528. The van der Waals surface area contributed by atoms with Crippen molar-refractivity contribution < 1.29 is 13.2 Å². The molecule has 0 spiro atoms. The van der Waals surface area contributed by atoms with Crippen LogP contribution < -0.4 is 10.0 Å². The number of carbonyl (C=O) groups excluding carboxylic acids is 1. The summed E-state index contributed by atoms with van der Waals surface area (Å²) < 4.78 is 29.5. The lowest BCUT2D eigenvalue weighted by molar-refractivity contribution is -0.150. The Hall–Kier alpha value is -3.05. The Balaban J connectivity index is 1.20. The second-order valence-corrected chi connectivity index (χ2v) is 12.1. The Morgan fingerprint density at radius 1 is 1.03 bits per heavy atom. The normalized spacial score (nSPS) is 29.2. The number of nitrogens with zero attached hydrogens (tertiary/aromatic N) is 5. The predicted octanol–water partition coefficient (Wildman–Crippen LogP) is 3.46. The van der Waals surface area contributed by atoms with Gasteiger partial charge in [0.05, 0.1) is 15.8 Å². The summed E-state index contributed by atoms with van der Waals surface area (Å²) in [4.78, 5) is 25.6. The zero-order chi connectivity index (χ0) is 24.3. The summed E-state index contributed by atoms with van der Waals surface area (Å²) in [6, 6.07) is 7.72. The van der Waals surface area contributed by atoms with Gasteiger partial charge in [-0.1, -0.05) is 0 Å². The molecule has 2 unspecified atom stereocenters. The van der Waals surface area contributed by atoms with Gasteiger partial charge < -0.3 is 5.32 Å². The fourth-order valence-corrected chi connectivity index (χ4v) is 7.81. The van der Waals surface area contributed by atoms with E-state index < -0.39 is 15.4 Å². The topological polar surface area (TPSA) is 132 Å². The zero-order valence-electron chi connectivity index (χ0n) is 18.8. The number of rotatable bonds is 6. The highest BCUT2D eigenvalue weighted by molar-refractivity contribution is 7.92. The molecule has 0 aliphatic heterocycles. The number of carbonyl (C=O) groups is 1. The van der Waals surface area contributed by atoms with Crippen LogP contribution in [0.15, 0.2) is 53.9 Å². The van der Waals surface area contributed by atoms with Crippen LogP contribution in [0.3, 0.4) is 0 Å². The van der Waals surface area contributed by atoms with E-state index in [0.29, 0.717) is 23.9 Å². The molecule has 2 heterocycles. The molecule has 0 saturated heterocycles. The minimum atomic E-state index is -3.85. The summed E-state index contributed by atoms with van der Waals surface area (Å²) in [7, 11) is -3.85. The number of anilines is 2. The first-order chi connectivity index (χ1) is 16.8. The van der Waals surface area contributed by atoms with Crippen LogP contribution in [0.25, 0.3) is 0 Å². The first-order valence-corrected chi connectivity index (χ1v) is 13.4. The molecule has 2 N–H and O–H groups in total. The van der Waals surface area contributed by atoms with Gasteiger partial charge in [-0.05, 0) is 92.3 Å². The van der Waals surface area contributed by atoms with E-state index in [9.17, 15) is 13.2 Å². The van der Waals surface area contributed by atoms with Gasteiger partial charge in [-0.25, -0.2) is 32.8 Å². The van der Waals surface area contributed by atoms with Crippen LogP contribution in [0, 0.1) is 17.3 Å². The van der Waals surface area contributed by atoms with Crippen molar-refractivity contribution >= 4 is 39.2 Å². The van der Waals surface area contributed by atoms with Crippen LogP contribution in [0.2, 0.25) is 5.28 Å². The number of hydrogen-bond donors (Lipinski definition) is 2. The molecular formula is C23H24ClN7O3S. The molecule has 12 heteroatoms. The van der Waals surface area contributed by atoms with E-state index in [2.05, 4.69) is 30.1 Å². The first-order valence-electron chi connectivity index (χ1n) is 11.5. The van der Waals surface area contributed by atoms with Crippen molar-refractivity contribution in [1.29, 1.82) is 0 Å². The third kappa shape index (κ3) is 3.96. The maximum absolute atomic E-state index is 13.6. The van der Waals surface area contributed by atoms with Gasteiger partial charge >= 0.3 is 0 Å². The highest BCUT2D eigenvalue weighted by atomic mass is 35.5. The zero-order valence-corrected chi connectivity index (χ0v) is 20.3. The van der Waals surface area contributed by atoms with Crippen molar-refractivity contribution in [2.75, 3.05) is 10.0 Å². The summed E-state index contributed by atoms with van der Waals surface area (Å²) in [5.41, 5.74) is -0.164. The van der Waals surface area contributed by atoms with Gasteiger partial charge in [-0.15, -0.1) is 5.10 Å². The Morgan fingerprint density at radius 3 is 2.34 bits per heavy atom. The smallest absolute Gasteiger partial charge is 0.264 e. The highest BCUT2D eigenvalue weighted by Gasteiger charge is 2.61. The molecule has 35 heavy (non-hydrogen) atoms. The Bertz CT molecular complexity index is 1360. The molecule has 4 fully saturated rings. The predicted molar refractivity (Wildman–Crippen MR) is 128 cm³/mol. The van der Waals surface area contributed by atoms with Gasteiger partial charge in [-0.2, -0.15) is 0 Å². The molecule has 10 nitrogen and oxygen atoms in total. The monoisotopic (exact) mass is 513 g/mol. The summed E-state index contributed by atoms with van der Waals surface area (Å²) in [5, 5.41) is 7.68. The number of hydrogen-bond acceptors (Lipinski definition) is 7. The van der Waals surface area contributed by atoms with Crippen molar-refractivity contribution in [2.45, 2.75) is 49.0 Å². The van der Waals surface area contributed by atoms with E-state index in [1.54, 1.807) is 24.5 Å². The summed E-state index contributed by atoms with van der Waals surface area (Å²) in [5.74, 6) is 0.899. The Labute approximate surface area is 207 Å². The Kier molecular flexibility index (Phi) is 5.12. The van der Waals surface area contributed by atoms with E-state index in [0.717, 1.165) is 32.1 Å². The van der Waals surface area contributed by atoms with Crippen LogP contribution in [-0.2, 0) is 20.4 Å². The van der Waals surface area contributed by atoms with Crippen LogP contribution in [0.4, 0.5) is 11.6 Å². The molecule has 0 radical (unpaired) electrons. The van der Waals surface area contributed by atoms with Crippen molar-refractivity contribution in [3.05, 3.63) is 54.3 Å². The summed E-state index contributed by atoms with van der Waals surface area (Å²) >= 11 is 6.02. The third-order valence-electron chi connectivity index (χ3n) is 7.68. The maximum atomic E-state index is 13.6. The standard InChI is InChI=1S/C23H24ClN7O3S/c24-20-27-14-31(29-20)23-11-15-8-16(12-23)10-22(9-15,13-23)19(32)28-17-2-4-18(5-3-17)35(33,34)30-21-25-6-1-7-26-21/h1-7,14-16H,8-13H2,(H,28,32)(H,25,26,30). The lowest BCUT2D eigenvalue weighted by Gasteiger charge is -2.60. The first kappa shape index (κ1) is 22.4. The van der Waals surface area contributed by atoms with Crippen LogP contribution >= 0.6 is 11.6 Å². The number of nitrogens with one attached hydrogen (secondary N) is 2. The highest BCUT2D eigenvalue weighted by Crippen LogP contribution is 2.64. The van der Waals surface area contributed by atoms with Gasteiger partial charge in [0.2, 0.25) is 17.1 Å². The van der Waals surface area contributed by atoms with Crippen molar-refractivity contribution in [1.82, 2.24) is 24.7 Å². The molecule has 2 atom stereocenters. The number of aromatic nitrogens is 5. The average Bonchev–Trinajstić information content (AvgIpc) is 3.26. The quantitative estimate of drug-likeness (QED) is 0.515.